The number of hydrogen-bond acceptors (Lipinski definition) is 6. The highest BCUT2D eigenvalue weighted by Gasteiger charge is 2.38. The van der Waals surface area contributed by atoms with Crippen molar-refractivity contribution in [1.82, 2.24) is 5.32 Å². The zero-order valence-corrected chi connectivity index (χ0v) is 13.1. The number of rotatable bonds is 15. The number of ether oxygens (including phenoxy) is 4. The van der Waals surface area contributed by atoms with Crippen LogP contribution in [-0.4, -0.2) is 82.6 Å². The maximum absolute atomic E-state index is 11.8. The number of carboxylic acids is 1. The summed E-state index contributed by atoms with van der Waals surface area (Å²) in [7, 11) is 0. The van der Waals surface area contributed by atoms with Gasteiger partial charge in [0.1, 0.15) is 0 Å². The van der Waals surface area contributed by atoms with Gasteiger partial charge in [-0.1, -0.05) is 0 Å². The number of carbonyl (C=O) groups is 2. The molecule has 24 heavy (non-hydrogen) atoms. The van der Waals surface area contributed by atoms with Gasteiger partial charge in [-0.25, -0.2) is 0 Å². The van der Waals surface area contributed by atoms with Crippen molar-refractivity contribution in [2.24, 2.45) is 0 Å². The van der Waals surface area contributed by atoms with Crippen LogP contribution < -0.4 is 5.32 Å². The van der Waals surface area contributed by atoms with Crippen molar-refractivity contribution in [3.8, 4) is 0 Å². The van der Waals surface area contributed by atoms with Crippen LogP contribution in [-0.2, 0) is 28.5 Å². The molecule has 0 aromatic rings. The Morgan fingerprint density at radius 1 is 0.792 bits per heavy atom. The van der Waals surface area contributed by atoms with Crippen molar-refractivity contribution in [2.45, 2.75) is 12.6 Å². The molecule has 2 N–H and O–H groups in total. The first kappa shape index (κ1) is 22.6. The molecule has 0 rings (SSSR count). The number of amides is 1. The van der Waals surface area contributed by atoms with E-state index in [2.05, 4.69) is 0 Å². The second kappa shape index (κ2) is 14.0. The molecule has 0 unspecified atom stereocenters. The summed E-state index contributed by atoms with van der Waals surface area (Å²) in [4.78, 5) is 20.6. The predicted octanol–water partition coefficient (Wildman–Crippen LogP) is 0.206. The van der Waals surface area contributed by atoms with E-state index in [9.17, 15) is 22.8 Å². The number of aliphatic carboxylic acids is 1. The number of halogens is 3. The highest BCUT2D eigenvalue weighted by atomic mass is 19.4. The SMILES string of the molecule is O=C(O)CCOCCOCCOCCOCCNC(=O)C(F)(F)F. The third-order valence-corrected chi connectivity index (χ3v) is 2.37. The van der Waals surface area contributed by atoms with Crippen molar-refractivity contribution in [3.05, 3.63) is 0 Å². The number of nitrogens with one attached hydrogen (secondary N) is 1. The lowest BCUT2D eigenvalue weighted by atomic mass is 10.5. The molecule has 0 aliphatic heterocycles. The van der Waals surface area contributed by atoms with Gasteiger partial charge in [-0.15, -0.1) is 0 Å². The topological polar surface area (TPSA) is 103 Å². The highest BCUT2D eigenvalue weighted by molar-refractivity contribution is 5.81. The Morgan fingerprint density at radius 3 is 1.62 bits per heavy atom. The normalized spacial score (nSPS) is 11.5. The zero-order chi connectivity index (χ0) is 18.3. The van der Waals surface area contributed by atoms with Gasteiger partial charge in [-0.05, 0) is 0 Å². The Balaban J connectivity index is 3.15. The summed E-state index contributed by atoms with van der Waals surface area (Å²) in [6, 6.07) is 0. The van der Waals surface area contributed by atoms with E-state index in [1.54, 1.807) is 5.32 Å². The van der Waals surface area contributed by atoms with E-state index < -0.39 is 18.1 Å². The first-order valence-corrected chi connectivity index (χ1v) is 7.22. The molecule has 0 saturated carbocycles. The van der Waals surface area contributed by atoms with E-state index in [0.29, 0.717) is 26.4 Å². The molecule has 0 saturated heterocycles. The summed E-state index contributed by atoms with van der Waals surface area (Å²) >= 11 is 0. The second-order valence-corrected chi connectivity index (χ2v) is 4.35. The number of alkyl halides is 3. The van der Waals surface area contributed by atoms with Gasteiger partial charge < -0.3 is 29.4 Å². The molecule has 0 fully saturated rings. The average Bonchev–Trinajstić information content (AvgIpc) is 2.49. The molecule has 0 bridgehead atoms. The Morgan fingerprint density at radius 2 is 1.21 bits per heavy atom. The molecule has 0 aromatic heterocycles. The van der Waals surface area contributed by atoms with E-state index in [1.807, 2.05) is 0 Å². The lowest BCUT2D eigenvalue weighted by molar-refractivity contribution is -0.173. The number of hydrogen-bond donors (Lipinski definition) is 2. The van der Waals surface area contributed by atoms with Gasteiger partial charge in [0.25, 0.3) is 0 Å². The molecule has 0 aliphatic rings. The largest absolute Gasteiger partial charge is 0.481 e. The van der Waals surface area contributed by atoms with E-state index in [1.165, 1.54) is 0 Å². The van der Waals surface area contributed by atoms with Crippen molar-refractivity contribution in [3.63, 3.8) is 0 Å². The molecule has 0 atom stereocenters. The maximum atomic E-state index is 11.8. The van der Waals surface area contributed by atoms with Crippen LogP contribution in [0.3, 0.4) is 0 Å². The van der Waals surface area contributed by atoms with Crippen LogP contribution in [0.2, 0.25) is 0 Å². The van der Waals surface area contributed by atoms with E-state index >= 15 is 0 Å². The van der Waals surface area contributed by atoms with Crippen LogP contribution in [0.1, 0.15) is 6.42 Å². The summed E-state index contributed by atoms with van der Waals surface area (Å²) in [5, 5.41) is 10.0. The maximum Gasteiger partial charge on any atom is 0.471 e. The van der Waals surface area contributed by atoms with Crippen LogP contribution in [0.4, 0.5) is 13.2 Å². The standard InChI is InChI=1S/C13H22F3NO7/c14-13(15,16)12(20)17-2-4-22-6-8-24-10-9-23-7-5-21-3-1-11(18)19/h1-10H2,(H,17,20)(H,18,19). The first-order chi connectivity index (χ1) is 11.3. The van der Waals surface area contributed by atoms with E-state index in [0.717, 1.165) is 0 Å². The summed E-state index contributed by atoms with van der Waals surface area (Å²) in [6.45, 7) is 1.52. The summed E-state index contributed by atoms with van der Waals surface area (Å²) in [5.41, 5.74) is 0. The quantitative estimate of drug-likeness (QED) is 0.402. The minimum atomic E-state index is -4.88. The van der Waals surface area contributed by atoms with Gasteiger partial charge in [-0.3, -0.25) is 9.59 Å². The van der Waals surface area contributed by atoms with Crippen LogP contribution >= 0.6 is 0 Å². The van der Waals surface area contributed by atoms with Crippen LogP contribution in [0.15, 0.2) is 0 Å². The average molecular weight is 361 g/mol. The Labute approximate surface area is 137 Å². The molecular weight excluding hydrogens is 339 g/mol. The van der Waals surface area contributed by atoms with Gasteiger partial charge >= 0.3 is 18.1 Å². The summed E-state index contributed by atoms with van der Waals surface area (Å²) in [6.07, 6.45) is -4.94. The third-order valence-electron chi connectivity index (χ3n) is 2.37. The lowest BCUT2D eigenvalue weighted by Crippen LogP contribution is -2.38. The molecule has 0 spiro atoms. The molecule has 8 nitrogen and oxygen atoms in total. The minimum Gasteiger partial charge on any atom is -0.481 e. The Hall–Kier alpha value is -1.43. The van der Waals surface area contributed by atoms with E-state index in [-0.39, 0.29) is 39.4 Å². The van der Waals surface area contributed by atoms with Crippen molar-refractivity contribution >= 4 is 11.9 Å². The minimum absolute atomic E-state index is 0.0463. The highest BCUT2D eigenvalue weighted by Crippen LogP contribution is 2.13. The summed E-state index contributed by atoms with van der Waals surface area (Å²) in [5.74, 6) is -2.92. The van der Waals surface area contributed by atoms with Gasteiger partial charge in [-0.2, -0.15) is 13.2 Å². The molecular formula is C13H22F3NO7. The van der Waals surface area contributed by atoms with Gasteiger partial charge in [0.15, 0.2) is 0 Å². The zero-order valence-electron chi connectivity index (χ0n) is 13.1. The number of carbonyl (C=O) groups excluding carboxylic acids is 1. The Bertz CT molecular complexity index is 353. The molecule has 142 valence electrons. The molecule has 0 heterocycles. The van der Waals surface area contributed by atoms with Crippen molar-refractivity contribution < 1.29 is 46.8 Å². The smallest absolute Gasteiger partial charge is 0.471 e. The molecule has 1 amide bonds. The third kappa shape index (κ3) is 15.5. The second-order valence-electron chi connectivity index (χ2n) is 4.35. The molecule has 0 aromatic carbocycles. The van der Waals surface area contributed by atoms with Crippen LogP contribution in [0.25, 0.3) is 0 Å². The molecule has 11 heteroatoms. The van der Waals surface area contributed by atoms with E-state index in [4.69, 9.17) is 24.1 Å². The molecule has 0 radical (unpaired) electrons. The van der Waals surface area contributed by atoms with Gasteiger partial charge in [0.2, 0.25) is 0 Å². The molecule has 0 aliphatic carbocycles. The monoisotopic (exact) mass is 361 g/mol. The first-order valence-electron chi connectivity index (χ1n) is 7.22. The fourth-order valence-corrected chi connectivity index (χ4v) is 1.26. The Kier molecular flexibility index (Phi) is 13.1. The van der Waals surface area contributed by atoms with Crippen LogP contribution in [0, 0.1) is 0 Å². The van der Waals surface area contributed by atoms with Gasteiger partial charge in [0.05, 0.1) is 59.3 Å². The van der Waals surface area contributed by atoms with Gasteiger partial charge in [0, 0.05) is 6.54 Å². The number of carboxylic acid groups (broad SMARTS) is 1. The van der Waals surface area contributed by atoms with Crippen molar-refractivity contribution in [2.75, 3.05) is 59.4 Å². The van der Waals surface area contributed by atoms with Crippen molar-refractivity contribution in [1.29, 1.82) is 0 Å². The fraction of sp³-hybridized carbons (Fsp3) is 0.846. The fourth-order valence-electron chi connectivity index (χ4n) is 1.26. The summed E-state index contributed by atoms with van der Waals surface area (Å²) < 4.78 is 55.7. The lowest BCUT2D eigenvalue weighted by Gasteiger charge is -2.09. The van der Waals surface area contributed by atoms with Crippen LogP contribution in [0.5, 0.6) is 0 Å². The predicted molar refractivity (Wildman–Crippen MR) is 74.6 cm³/mol.